The molecule has 0 spiro atoms. The van der Waals surface area contributed by atoms with Gasteiger partial charge in [-0.25, -0.2) is 9.97 Å². The lowest BCUT2D eigenvalue weighted by atomic mass is 10.1. The standard InChI is InChI=1S/C24H24F3N7O2/c1-13(2)33-11-19(18-10-29-12-30-23(18)33)21(36)15-5-17(9-28-7-15)32-20(35)6-16-8-31-34(14(3)4)22(16)24(25,26)27/h5,7-14H,6H2,1-4H3,(H,32,35). The lowest BCUT2D eigenvalue weighted by Gasteiger charge is -2.15. The van der Waals surface area contributed by atoms with E-state index in [0.717, 1.165) is 10.9 Å². The number of aromatic nitrogens is 6. The summed E-state index contributed by atoms with van der Waals surface area (Å²) in [4.78, 5) is 38.2. The van der Waals surface area contributed by atoms with E-state index in [1.807, 2.05) is 18.4 Å². The van der Waals surface area contributed by atoms with Gasteiger partial charge >= 0.3 is 6.18 Å². The molecule has 4 rings (SSSR count). The van der Waals surface area contributed by atoms with E-state index in [1.165, 1.54) is 24.8 Å². The van der Waals surface area contributed by atoms with Crippen molar-refractivity contribution < 1.29 is 22.8 Å². The van der Waals surface area contributed by atoms with Crippen molar-refractivity contribution >= 4 is 28.4 Å². The van der Waals surface area contributed by atoms with Crippen LogP contribution < -0.4 is 5.32 Å². The molecule has 9 nitrogen and oxygen atoms in total. The molecule has 0 saturated carbocycles. The molecule has 4 aromatic rings. The Morgan fingerprint density at radius 1 is 1.03 bits per heavy atom. The Hall–Kier alpha value is -4.09. The lowest BCUT2D eigenvalue weighted by Crippen LogP contribution is -2.21. The number of hydrogen-bond acceptors (Lipinski definition) is 6. The van der Waals surface area contributed by atoms with Crippen LogP contribution in [0.3, 0.4) is 0 Å². The van der Waals surface area contributed by atoms with Crippen molar-refractivity contribution in [2.24, 2.45) is 0 Å². The van der Waals surface area contributed by atoms with Crippen molar-refractivity contribution in [2.75, 3.05) is 5.32 Å². The fourth-order valence-corrected chi connectivity index (χ4v) is 3.96. The molecule has 4 aromatic heterocycles. The van der Waals surface area contributed by atoms with Crippen LogP contribution in [0.1, 0.15) is 67.0 Å². The van der Waals surface area contributed by atoms with Crippen molar-refractivity contribution in [1.29, 1.82) is 0 Å². The molecule has 0 fully saturated rings. The third kappa shape index (κ3) is 4.83. The second-order valence-electron chi connectivity index (χ2n) is 8.87. The number of nitrogens with one attached hydrogen (secondary N) is 1. The Balaban J connectivity index is 1.58. The number of ketones is 1. The second-order valence-corrected chi connectivity index (χ2v) is 8.87. The summed E-state index contributed by atoms with van der Waals surface area (Å²) in [6.45, 7) is 7.07. The van der Waals surface area contributed by atoms with Gasteiger partial charge in [0.2, 0.25) is 5.91 Å². The molecule has 0 atom stereocenters. The van der Waals surface area contributed by atoms with Gasteiger partial charge in [0.1, 0.15) is 17.7 Å². The summed E-state index contributed by atoms with van der Waals surface area (Å²) in [7, 11) is 0. The van der Waals surface area contributed by atoms with Gasteiger partial charge in [0.05, 0.1) is 30.1 Å². The van der Waals surface area contributed by atoms with Crippen molar-refractivity contribution in [3.05, 3.63) is 65.8 Å². The zero-order valence-corrected chi connectivity index (χ0v) is 20.0. The van der Waals surface area contributed by atoms with E-state index in [4.69, 9.17) is 0 Å². The maximum Gasteiger partial charge on any atom is 0.433 e. The number of alkyl halides is 3. The minimum atomic E-state index is -4.66. The largest absolute Gasteiger partial charge is 0.433 e. The van der Waals surface area contributed by atoms with Crippen molar-refractivity contribution in [3.8, 4) is 0 Å². The summed E-state index contributed by atoms with van der Waals surface area (Å²) >= 11 is 0. The topological polar surface area (TPSA) is 108 Å². The van der Waals surface area contributed by atoms with Crippen LogP contribution in [-0.4, -0.2) is 41.0 Å². The van der Waals surface area contributed by atoms with Crippen LogP contribution in [0.2, 0.25) is 0 Å². The fourth-order valence-electron chi connectivity index (χ4n) is 3.96. The summed E-state index contributed by atoms with van der Waals surface area (Å²) < 4.78 is 43.5. The molecule has 0 unspecified atom stereocenters. The summed E-state index contributed by atoms with van der Waals surface area (Å²) in [5.74, 6) is -1.05. The minimum Gasteiger partial charge on any atom is -0.329 e. The number of carbonyl (C=O) groups excluding carboxylic acids is 2. The Morgan fingerprint density at radius 2 is 1.78 bits per heavy atom. The van der Waals surface area contributed by atoms with Crippen LogP contribution in [0.15, 0.2) is 43.4 Å². The number of anilines is 1. The van der Waals surface area contributed by atoms with Crippen LogP contribution in [0.25, 0.3) is 11.0 Å². The Labute approximate surface area is 204 Å². The third-order valence-electron chi connectivity index (χ3n) is 5.56. The number of halogens is 3. The van der Waals surface area contributed by atoms with Crippen molar-refractivity contribution in [3.63, 3.8) is 0 Å². The van der Waals surface area contributed by atoms with Gasteiger partial charge in [-0.15, -0.1) is 0 Å². The highest BCUT2D eigenvalue weighted by Gasteiger charge is 2.39. The molecule has 36 heavy (non-hydrogen) atoms. The SMILES string of the molecule is CC(C)n1ncc(CC(=O)Nc2cncc(C(=O)c3cn(C(C)C)c4ncncc34)c2)c1C(F)(F)F. The van der Waals surface area contributed by atoms with Gasteiger partial charge in [-0.2, -0.15) is 18.3 Å². The zero-order valence-electron chi connectivity index (χ0n) is 20.0. The molecule has 1 N–H and O–H groups in total. The molecular weight excluding hydrogens is 475 g/mol. The zero-order chi connectivity index (χ0) is 26.2. The predicted octanol–water partition coefficient (Wildman–Crippen LogP) is 4.62. The van der Waals surface area contributed by atoms with Gasteiger partial charge in [0.15, 0.2) is 5.78 Å². The van der Waals surface area contributed by atoms with Gasteiger partial charge in [-0.05, 0) is 33.8 Å². The monoisotopic (exact) mass is 499 g/mol. The van der Waals surface area contributed by atoms with Gasteiger partial charge in [-0.3, -0.25) is 19.3 Å². The number of fused-ring (bicyclic) bond motifs is 1. The van der Waals surface area contributed by atoms with E-state index in [2.05, 4.69) is 25.4 Å². The predicted molar refractivity (Wildman–Crippen MR) is 126 cm³/mol. The highest BCUT2D eigenvalue weighted by Crippen LogP contribution is 2.34. The number of amides is 1. The van der Waals surface area contributed by atoms with Gasteiger partial charge in [-0.1, -0.05) is 0 Å². The van der Waals surface area contributed by atoms with Crippen LogP contribution in [0.5, 0.6) is 0 Å². The van der Waals surface area contributed by atoms with E-state index in [9.17, 15) is 22.8 Å². The first-order valence-corrected chi connectivity index (χ1v) is 11.2. The van der Waals surface area contributed by atoms with Gasteiger partial charge in [0.25, 0.3) is 0 Å². The van der Waals surface area contributed by atoms with Crippen LogP contribution >= 0.6 is 0 Å². The molecule has 0 saturated heterocycles. The smallest absolute Gasteiger partial charge is 0.329 e. The molecular formula is C24H24F3N7O2. The molecule has 12 heteroatoms. The average Bonchev–Trinajstić information content (AvgIpc) is 3.41. The maximum absolute atomic E-state index is 13.6. The lowest BCUT2D eigenvalue weighted by molar-refractivity contribution is -0.145. The minimum absolute atomic E-state index is 0.0503. The van der Waals surface area contributed by atoms with Gasteiger partial charge < -0.3 is 9.88 Å². The highest BCUT2D eigenvalue weighted by atomic mass is 19.4. The number of pyridine rings is 1. The molecule has 0 aromatic carbocycles. The molecule has 0 radical (unpaired) electrons. The molecule has 1 amide bonds. The number of carbonyl (C=O) groups is 2. The molecule has 188 valence electrons. The van der Waals surface area contributed by atoms with E-state index in [1.54, 1.807) is 26.2 Å². The first-order valence-electron chi connectivity index (χ1n) is 11.2. The van der Waals surface area contributed by atoms with Crippen LogP contribution in [-0.2, 0) is 17.4 Å². The molecule has 0 aliphatic carbocycles. The Morgan fingerprint density at radius 3 is 2.44 bits per heavy atom. The van der Waals surface area contributed by atoms with Crippen molar-refractivity contribution in [2.45, 2.75) is 52.4 Å². The van der Waals surface area contributed by atoms with Crippen molar-refractivity contribution in [1.82, 2.24) is 29.3 Å². The molecule has 4 heterocycles. The second kappa shape index (κ2) is 9.51. The van der Waals surface area contributed by atoms with E-state index in [0.29, 0.717) is 16.6 Å². The fraction of sp³-hybridized carbons (Fsp3) is 0.333. The maximum atomic E-state index is 13.6. The first kappa shape index (κ1) is 25.0. The summed E-state index contributed by atoms with van der Waals surface area (Å²) in [5.41, 5.74) is 0.167. The Kier molecular flexibility index (Phi) is 6.61. The van der Waals surface area contributed by atoms with E-state index < -0.39 is 30.2 Å². The van der Waals surface area contributed by atoms with Gasteiger partial charge in [0, 0.05) is 47.2 Å². The first-order chi connectivity index (χ1) is 17.0. The third-order valence-corrected chi connectivity index (χ3v) is 5.56. The van der Waals surface area contributed by atoms with Crippen LogP contribution in [0, 0.1) is 0 Å². The number of hydrogen-bond donors (Lipinski definition) is 1. The quantitative estimate of drug-likeness (QED) is 0.372. The summed E-state index contributed by atoms with van der Waals surface area (Å²) in [6.07, 6.45) is 3.18. The normalized spacial score (nSPS) is 12.0. The van der Waals surface area contributed by atoms with Crippen LogP contribution in [0.4, 0.5) is 18.9 Å². The highest BCUT2D eigenvalue weighted by molar-refractivity contribution is 6.16. The average molecular weight is 499 g/mol. The number of rotatable bonds is 7. The molecule has 0 bridgehead atoms. The van der Waals surface area contributed by atoms with E-state index >= 15 is 0 Å². The summed E-state index contributed by atoms with van der Waals surface area (Å²) in [5, 5.41) is 6.90. The Bertz CT molecular complexity index is 1440. The molecule has 0 aliphatic rings. The molecule has 0 aliphatic heterocycles. The van der Waals surface area contributed by atoms with E-state index in [-0.39, 0.29) is 28.6 Å². The number of nitrogens with zero attached hydrogens (tertiary/aromatic N) is 6. The summed E-state index contributed by atoms with van der Waals surface area (Å²) in [6, 6.07) is 0.948.